The number of hydrogen-bond donors (Lipinski definition) is 2. The number of carbonyl (C=O) groups is 1. The number of H-pyrrole nitrogens is 1. The highest BCUT2D eigenvalue weighted by molar-refractivity contribution is 6.00. The molecule has 0 aliphatic rings. The molecule has 7 nitrogen and oxygen atoms in total. The standard InChI is InChI=1S/C19H22N6O/c1-13-8-4-5-9-14(13)17(25(2)3)12-20-19(26)16-11-7-6-10-15(16)18-21-23-24-22-18/h4-11,17H,12H2,1-3H3,(H,20,26)(H,21,22,23,24)/t17-/m0/s1. The van der Waals surface area contributed by atoms with Crippen molar-refractivity contribution < 1.29 is 4.79 Å². The van der Waals surface area contributed by atoms with Crippen molar-refractivity contribution in [2.75, 3.05) is 20.6 Å². The summed E-state index contributed by atoms with van der Waals surface area (Å²) < 4.78 is 0. The lowest BCUT2D eigenvalue weighted by atomic mass is 10.00. The van der Waals surface area contributed by atoms with E-state index >= 15 is 0 Å². The first-order valence-corrected chi connectivity index (χ1v) is 8.41. The second-order valence-corrected chi connectivity index (χ2v) is 6.33. The Kier molecular flexibility index (Phi) is 5.38. The lowest BCUT2D eigenvalue weighted by molar-refractivity contribution is 0.0942. The highest BCUT2D eigenvalue weighted by atomic mass is 16.1. The molecule has 0 aliphatic heterocycles. The molecule has 0 bridgehead atoms. The van der Waals surface area contributed by atoms with Gasteiger partial charge in [-0.1, -0.05) is 42.5 Å². The average Bonchev–Trinajstić information content (AvgIpc) is 3.17. The van der Waals surface area contributed by atoms with Crippen LogP contribution in [-0.4, -0.2) is 52.1 Å². The van der Waals surface area contributed by atoms with Crippen LogP contribution in [0.25, 0.3) is 11.4 Å². The molecule has 1 amide bonds. The number of benzene rings is 2. The summed E-state index contributed by atoms with van der Waals surface area (Å²) in [4.78, 5) is 14.9. The Bertz CT molecular complexity index is 875. The van der Waals surface area contributed by atoms with Crippen molar-refractivity contribution in [3.63, 3.8) is 0 Å². The summed E-state index contributed by atoms with van der Waals surface area (Å²) in [7, 11) is 4.02. The molecule has 1 atom stereocenters. The monoisotopic (exact) mass is 350 g/mol. The second-order valence-electron chi connectivity index (χ2n) is 6.33. The number of carbonyl (C=O) groups excluding carboxylic acids is 1. The first kappa shape index (κ1) is 17.8. The molecule has 26 heavy (non-hydrogen) atoms. The number of nitrogens with one attached hydrogen (secondary N) is 2. The van der Waals surface area contributed by atoms with Gasteiger partial charge in [0.1, 0.15) is 0 Å². The van der Waals surface area contributed by atoms with Gasteiger partial charge < -0.3 is 10.2 Å². The van der Waals surface area contributed by atoms with Crippen molar-refractivity contribution in [3.8, 4) is 11.4 Å². The Balaban J connectivity index is 1.79. The van der Waals surface area contributed by atoms with Crippen LogP contribution in [0.2, 0.25) is 0 Å². The number of likely N-dealkylation sites (N-methyl/N-ethyl adjacent to an activating group) is 1. The number of nitrogens with zero attached hydrogens (tertiary/aromatic N) is 4. The summed E-state index contributed by atoms with van der Waals surface area (Å²) in [6.45, 7) is 2.58. The first-order chi connectivity index (χ1) is 12.6. The van der Waals surface area contributed by atoms with E-state index in [1.807, 2.05) is 44.4 Å². The van der Waals surface area contributed by atoms with E-state index in [-0.39, 0.29) is 11.9 Å². The molecular formula is C19H22N6O. The Labute approximate surface area is 152 Å². The molecule has 1 aromatic heterocycles. The molecule has 0 radical (unpaired) electrons. The van der Waals surface area contributed by atoms with E-state index in [1.165, 1.54) is 11.1 Å². The van der Waals surface area contributed by atoms with Crippen LogP contribution in [0.4, 0.5) is 0 Å². The van der Waals surface area contributed by atoms with Gasteiger partial charge in [0.25, 0.3) is 5.91 Å². The van der Waals surface area contributed by atoms with Gasteiger partial charge in [-0.25, -0.2) is 0 Å². The zero-order valence-corrected chi connectivity index (χ0v) is 15.1. The predicted octanol–water partition coefficient (Wildman–Crippen LogP) is 2.21. The third-order valence-corrected chi connectivity index (χ3v) is 4.38. The van der Waals surface area contributed by atoms with Gasteiger partial charge >= 0.3 is 0 Å². The van der Waals surface area contributed by atoms with Crippen molar-refractivity contribution in [2.45, 2.75) is 13.0 Å². The molecule has 2 aromatic carbocycles. The fourth-order valence-electron chi connectivity index (χ4n) is 2.97. The number of aromatic amines is 1. The number of tetrazole rings is 1. The van der Waals surface area contributed by atoms with Gasteiger partial charge in [0.05, 0.1) is 11.6 Å². The Morgan fingerprint density at radius 3 is 2.58 bits per heavy atom. The van der Waals surface area contributed by atoms with Crippen LogP contribution in [0.1, 0.15) is 27.5 Å². The van der Waals surface area contributed by atoms with Crippen molar-refractivity contribution >= 4 is 5.91 Å². The quantitative estimate of drug-likeness (QED) is 0.712. The molecule has 0 unspecified atom stereocenters. The van der Waals surface area contributed by atoms with Gasteiger partial charge in [-0.05, 0) is 43.4 Å². The number of aryl methyl sites for hydroxylation is 1. The molecule has 7 heteroatoms. The minimum absolute atomic E-state index is 0.0810. The maximum absolute atomic E-state index is 12.8. The van der Waals surface area contributed by atoms with E-state index in [0.29, 0.717) is 23.5 Å². The SMILES string of the molecule is Cc1ccccc1[C@H](CNC(=O)c1ccccc1-c1nn[nH]n1)N(C)C. The van der Waals surface area contributed by atoms with E-state index in [1.54, 1.807) is 6.07 Å². The number of aromatic nitrogens is 4. The van der Waals surface area contributed by atoms with Gasteiger partial charge in [-0.3, -0.25) is 4.79 Å². The number of rotatable bonds is 6. The van der Waals surface area contributed by atoms with Crippen LogP contribution >= 0.6 is 0 Å². The molecule has 0 spiro atoms. The molecule has 0 saturated heterocycles. The zero-order valence-electron chi connectivity index (χ0n) is 15.1. The van der Waals surface area contributed by atoms with Crippen molar-refractivity contribution in [2.24, 2.45) is 0 Å². The highest BCUT2D eigenvalue weighted by Gasteiger charge is 2.19. The van der Waals surface area contributed by atoms with Crippen LogP contribution in [0.15, 0.2) is 48.5 Å². The lowest BCUT2D eigenvalue weighted by Crippen LogP contribution is -2.35. The van der Waals surface area contributed by atoms with Gasteiger partial charge in [0, 0.05) is 12.1 Å². The second kappa shape index (κ2) is 7.88. The van der Waals surface area contributed by atoms with E-state index in [4.69, 9.17) is 0 Å². The summed E-state index contributed by atoms with van der Waals surface area (Å²) in [6.07, 6.45) is 0. The molecule has 1 heterocycles. The van der Waals surface area contributed by atoms with Crippen molar-refractivity contribution in [3.05, 3.63) is 65.2 Å². The zero-order chi connectivity index (χ0) is 18.5. The van der Waals surface area contributed by atoms with Crippen LogP contribution < -0.4 is 5.32 Å². The minimum atomic E-state index is -0.161. The summed E-state index contributed by atoms with van der Waals surface area (Å²) in [5, 5.41) is 17.0. The lowest BCUT2D eigenvalue weighted by Gasteiger charge is -2.26. The summed E-state index contributed by atoms with van der Waals surface area (Å²) in [5.41, 5.74) is 3.57. The number of hydrogen-bond acceptors (Lipinski definition) is 5. The van der Waals surface area contributed by atoms with E-state index < -0.39 is 0 Å². The summed E-state index contributed by atoms with van der Waals surface area (Å²) in [5.74, 6) is 0.240. The van der Waals surface area contributed by atoms with Crippen molar-refractivity contribution in [1.29, 1.82) is 0 Å². The predicted molar refractivity (Wildman–Crippen MR) is 99.6 cm³/mol. The maximum atomic E-state index is 12.8. The third-order valence-electron chi connectivity index (χ3n) is 4.38. The molecule has 134 valence electrons. The average molecular weight is 350 g/mol. The Morgan fingerprint density at radius 2 is 1.88 bits per heavy atom. The van der Waals surface area contributed by atoms with Gasteiger partial charge in [0.15, 0.2) is 0 Å². The molecular weight excluding hydrogens is 328 g/mol. The van der Waals surface area contributed by atoms with E-state index in [0.717, 1.165) is 0 Å². The molecule has 2 N–H and O–H groups in total. The molecule has 3 rings (SSSR count). The summed E-state index contributed by atoms with van der Waals surface area (Å²) >= 11 is 0. The van der Waals surface area contributed by atoms with Crippen LogP contribution in [0, 0.1) is 6.92 Å². The van der Waals surface area contributed by atoms with Crippen LogP contribution in [0.3, 0.4) is 0 Å². The number of amides is 1. The molecule has 0 saturated carbocycles. The van der Waals surface area contributed by atoms with Crippen LogP contribution in [0.5, 0.6) is 0 Å². The van der Waals surface area contributed by atoms with Gasteiger partial charge in [-0.2, -0.15) is 5.21 Å². The molecule has 0 aliphatic carbocycles. The fraction of sp³-hybridized carbons (Fsp3) is 0.263. The smallest absolute Gasteiger partial charge is 0.252 e. The normalized spacial score (nSPS) is 12.2. The van der Waals surface area contributed by atoms with Crippen molar-refractivity contribution in [1.82, 2.24) is 30.8 Å². The largest absolute Gasteiger partial charge is 0.350 e. The van der Waals surface area contributed by atoms with Crippen LogP contribution in [-0.2, 0) is 0 Å². The summed E-state index contributed by atoms with van der Waals surface area (Å²) in [6, 6.07) is 15.5. The van der Waals surface area contributed by atoms with E-state index in [2.05, 4.69) is 49.9 Å². The Morgan fingerprint density at radius 1 is 1.15 bits per heavy atom. The van der Waals surface area contributed by atoms with Gasteiger partial charge in [-0.15, -0.1) is 10.2 Å². The highest BCUT2D eigenvalue weighted by Crippen LogP contribution is 2.22. The molecule has 3 aromatic rings. The fourth-order valence-corrected chi connectivity index (χ4v) is 2.97. The minimum Gasteiger partial charge on any atom is -0.350 e. The van der Waals surface area contributed by atoms with E-state index in [9.17, 15) is 4.79 Å². The molecule has 0 fully saturated rings. The Hall–Kier alpha value is -3.06. The maximum Gasteiger partial charge on any atom is 0.252 e. The van der Waals surface area contributed by atoms with Gasteiger partial charge in [0.2, 0.25) is 5.82 Å². The topological polar surface area (TPSA) is 86.8 Å². The third kappa shape index (κ3) is 3.78. The first-order valence-electron chi connectivity index (χ1n) is 8.41.